The van der Waals surface area contributed by atoms with Crippen LogP contribution in [0.1, 0.15) is 39.9 Å². The number of ketones is 1. The van der Waals surface area contributed by atoms with E-state index in [1.165, 1.54) is 17.7 Å². The third-order valence-corrected chi connectivity index (χ3v) is 5.43. The number of carbonyl (C=O) groups is 1. The highest BCUT2D eigenvalue weighted by Gasteiger charge is 2.25. The van der Waals surface area contributed by atoms with Crippen molar-refractivity contribution in [1.29, 1.82) is 5.26 Å². The third kappa shape index (κ3) is 3.82. The predicted molar refractivity (Wildman–Crippen MR) is 112 cm³/mol. The molecule has 1 fully saturated rings. The van der Waals surface area contributed by atoms with Gasteiger partial charge in [-0.2, -0.15) is 5.26 Å². The Balaban J connectivity index is 1.46. The van der Waals surface area contributed by atoms with Gasteiger partial charge in [-0.15, -0.1) is 0 Å². The Bertz CT molecular complexity index is 985. The highest BCUT2D eigenvalue weighted by atomic mass is 16.1. The number of carbonyl (C=O) groups excluding carboxylic acids is 1. The first kappa shape index (κ1) is 18.0. The molecule has 1 atom stereocenters. The average molecular weight is 366 g/mol. The normalized spacial score (nSPS) is 16.0. The second kappa shape index (κ2) is 8.10. The Labute approximate surface area is 165 Å². The molecule has 0 spiro atoms. The Morgan fingerprint density at radius 1 is 0.929 bits per heavy atom. The second-order valence-corrected chi connectivity index (χ2v) is 7.24. The lowest BCUT2D eigenvalue weighted by atomic mass is 9.99. The van der Waals surface area contributed by atoms with Gasteiger partial charge in [0.25, 0.3) is 0 Å². The molecule has 1 aliphatic heterocycles. The van der Waals surface area contributed by atoms with Crippen LogP contribution in [0.3, 0.4) is 0 Å². The molecule has 3 heteroatoms. The van der Waals surface area contributed by atoms with Crippen molar-refractivity contribution in [2.75, 3.05) is 11.4 Å². The van der Waals surface area contributed by atoms with Crippen LogP contribution in [-0.2, 0) is 6.42 Å². The number of rotatable bonds is 5. The molecule has 1 heterocycles. The van der Waals surface area contributed by atoms with Gasteiger partial charge in [0.2, 0.25) is 0 Å². The lowest BCUT2D eigenvalue weighted by Gasteiger charge is -2.27. The molecule has 1 saturated heterocycles. The molecule has 1 aliphatic rings. The van der Waals surface area contributed by atoms with Crippen molar-refractivity contribution in [3.8, 4) is 6.07 Å². The van der Waals surface area contributed by atoms with Gasteiger partial charge in [-0.1, -0.05) is 54.6 Å². The van der Waals surface area contributed by atoms with E-state index in [-0.39, 0.29) is 5.78 Å². The molecule has 3 aromatic carbocycles. The zero-order chi connectivity index (χ0) is 19.3. The van der Waals surface area contributed by atoms with Crippen LogP contribution >= 0.6 is 0 Å². The van der Waals surface area contributed by atoms with Gasteiger partial charge in [-0.05, 0) is 49.1 Å². The van der Waals surface area contributed by atoms with Gasteiger partial charge in [-0.3, -0.25) is 4.79 Å². The summed E-state index contributed by atoms with van der Waals surface area (Å²) < 4.78 is 0. The molecular weight excluding hydrogens is 344 g/mol. The summed E-state index contributed by atoms with van der Waals surface area (Å²) in [6.45, 7) is 1.04. The highest BCUT2D eigenvalue weighted by Crippen LogP contribution is 2.28. The summed E-state index contributed by atoms with van der Waals surface area (Å²) in [4.78, 5) is 15.0. The van der Waals surface area contributed by atoms with E-state index in [2.05, 4.69) is 23.1 Å². The van der Waals surface area contributed by atoms with Crippen molar-refractivity contribution in [3.63, 3.8) is 0 Å². The molecule has 0 N–H and O–H groups in total. The predicted octanol–water partition coefficient (Wildman–Crippen LogP) is 5.00. The van der Waals surface area contributed by atoms with Crippen LogP contribution in [0.15, 0.2) is 78.9 Å². The summed E-state index contributed by atoms with van der Waals surface area (Å²) in [7, 11) is 0. The summed E-state index contributed by atoms with van der Waals surface area (Å²) >= 11 is 0. The van der Waals surface area contributed by atoms with E-state index < -0.39 is 0 Å². The minimum Gasteiger partial charge on any atom is -0.368 e. The molecule has 1 unspecified atom stereocenters. The van der Waals surface area contributed by atoms with Crippen molar-refractivity contribution < 1.29 is 4.79 Å². The molecule has 0 radical (unpaired) electrons. The molecule has 0 aromatic heterocycles. The van der Waals surface area contributed by atoms with Gasteiger partial charge in [0.05, 0.1) is 11.6 Å². The van der Waals surface area contributed by atoms with Crippen molar-refractivity contribution in [1.82, 2.24) is 0 Å². The quantitative estimate of drug-likeness (QED) is 0.597. The summed E-state index contributed by atoms with van der Waals surface area (Å²) in [5.41, 5.74) is 4.56. The number of benzene rings is 3. The first-order valence-electron chi connectivity index (χ1n) is 9.70. The Kier molecular flexibility index (Phi) is 5.21. The van der Waals surface area contributed by atoms with Gasteiger partial charge in [0.15, 0.2) is 5.78 Å². The van der Waals surface area contributed by atoms with E-state index in [4.69, 9.17) is 5.26 Å². The summed E-state index contributed by atoms with van der Waals surface area (Å²) in [5, 5.41) is 8.99. The van der Waals surface area contributed by atoms with E-state index in [1.54, 1.807) is 0 Å². The maximum atomic E-state index is 12.6. The van der Waals surface area contributed by atoms with Crippen molar-refractivity contribution in [2.45, 2.75) is 25.3 Å². The first-order chi connectivity index (χ1) is 13.7. The largest absolute Gasteiger partial charge is 0.368 e. The average Bonchev–Trinajstić information content (AvgIpc) is 3.22. The standard InChI is InChI=1S/C25H22N2O/c26-18-20-10-14-23(15-11-20)27-16-4-7-24(27)17-19-8-12-22(13-9-19)25(28)21-5-2-1-3-6-21/h1-3,5-6,8-15,24H,4,7,16-17H2. The number of hydrogen-bond acceptors (Lipinski definition) is 3. The fraction of sp³-hybridized carbons (Fsp3) is 0.200. The number of hydrogen-bond donors (Lipinski definition) is 0. The van der Waals surface area contributed by atoms with Crippen LogP contribution in [0.2, 0.25) is 0 Å². The zero-order valence-electron chi connectivity index (χ0n) is 15.7. The van der Waals surface area contributed by atoms with E-state index in [1.807, 2.05) is 66.7 Å². The van der Waals surface area contributed by atoms with Crippen LogP contribution in [0, 0.1) is 11.3 Å². The van der Waals surface area contributed by atoms with Gasteiger partial charge in [-0.25, -0.2) is 0 Å². The fourth-order valence-corrected chi connectivity index (χ4v) is 3.94. The maximum absolute atomic E-state index is 12.6. The van der Waals surface area contributed by atoms with E-state index >= 15 is 0 Å². The lowest BCUT2D eigenvalue weighted by molar-refractivity contribution is 0.103. The Hall–Kier alpha value is -3.38. The van der Waals surface area contributed by atoms with Gasteiger partial charge < -0.3 is 4.90 Å². The van der Waals surface area contributed by atoms with E-state index in [9.17, 15) is 4.79 Å². The van der Waals surface area contributed by atoms with Crippen LogP contribution in [0.5, 0.6) is 0 Å². The highest BCUT2D eigenvalue weighted by molar-refractivity contribution is 6.08. The minimum absolute atomic E-state index is 0.0622. The maximum Gasteiger partial charge on any atom is 0.193 e. The summed E-state index contributed by atoms with van der Waals surface area (Å²) in [6.07, 6.45) is 3.29. The van der Waals surface area contributed by atoms with Crippen LogP contribution in [0.4, 0.5) is 5.69 Å². The van der Waals surface area contributed by atoms with Crippen molar-refractivity contribution in [2.24, 2.45) is 0 Å². The van der Waals surface area contributed by atoms with Crippen LogP contribution in [0.25, 0.3) is 0 Å². The van der Waals surface area contributed by atoms with Gasteiger partial charge in [0, 0.05) is 29.4 Å². The third-order valence-electron chi connectivity index (χ3n) is 5.43. The zero-order valence-corrected chi connectivity index (χ0v) is 15.7. The first-order valence-corrected chi connectivity index (χ1v) is 9.70. The topological polar surface area (TPSA) is 44.1 Å². The lowest BCUT2D eigenvalue weighted by Crippen LogP contribution is -2.30. The molecule has 138 valence electrons. The molecule has 0 bridgehead atoms. The van der Waals surface area contributed by atoms with E-state index in [0.29, 0.717) is 11.6 Å². The van der Waals surface area contributed by atoms with Gasteiger partial charge >= 0.3 is 0 Å². The fourth-order valence-electron chi connectivity index (χ4n) is 3.94. The second-order valence-electron chi connectivity index (χ2n) is 7.24. The van der Waals surface area contributed by atoms with Crippen molar-refractivity contribution in [3.05, 3.63) is 101 Å². The molecule has 0 aliphatic carbocycles. The smallest absolute Gasteiger partial charge is 0.193 e. The number of nitriles is 1. The van der Waals surface area contributed by atoms with Crippen LogP contribution < -0.4 is 4.90 Å². The van der Waals surface area contributed by atoms with Crippen molar-refractivity contribution >= 4 is 11.5 Å². The summed E-state index contributed by atoms with van der Waals surface area (Å²) in [6, 6.07) is 27.9. The number of nitrogens with zero attached hydrogens (tertiary/aromatic N) is 2. The molecule has 3 nitrogen and oxygen atoms in total. The molecule has 0 amide bonds. The Morgan fingerprint density at radius 3 is 2.29 bits per heavy atom. The monoisotopic (exact) mass is 366 g/mol. The molecule has 28 heavy (non-hydrogen) atoms. The minimum atomic E-state index is 0.0622. The summed E-state index contributed by atoms with van der Waals surface area (Å²) in [5.74, 6) is 0.0622. The van der Waals surface area contributed by atoms with E-state index in [0.717, 1.165) is 30.5 Å². The van der Waals surface area contributed by atoms with Crippen LogP contribution in [-0.4, -0.2) is 18.4 Å². The Morgan fingerprint density at radius 2 is 1.61 bits per heavy atom. The molecule has 4 rings (SSSR count). The SMILES string of the molecule is N#Cc1ccc(N2CCCC2Cc2ccc(C(=O)c3ccccc3)cc2)cc1. The molecular formula is C25H22N2O. The van der Waals surface area contributed by atoms with Gasteiger partial charge in [0.1, 0.15) is 0 Å². The molecule has 0 saturated carbocycles. The molecule has 3 aromatic rings. The number of anilines is 1.